The van der Waals surface area contributed by atoms with Crippen LogP contribution < -0.4 is 11.1 Å². The fourth-order valence-corrected chi connectivity index (χ4v) is 2.01. The van der Waals surface area contributed by atoms with Crippen LogP contribution in [0, 0.1) is 0 Å². The number of hydrogen-bond donors (Lipinski definition) is 4. The number of carboxylic acid groups (broad SMARTS) is 1. The fraction of sp³-hybridized carbons (Fsp3) is 0.273. The molecule has 8 heteroatoms. The number of halogens is 2. The van der Waals surface area contributed by atoms with Gasteiger partial charge in [-0.2, -0.15) is 0 Å². The van der Waals surface area contributed by atoms with Gasteiger partial charge in [-0.05, 0) is 13.0 Å². The Morgan fingerprint density at radius 3 is 2.47 bits per heavy atom. The number of carbonyl (C=O) groups is 2. The average Bonchev–Trinajstić information content (AvgIpc) is 2.33. The maximum absolute atomic E-state index is 11.5. The lowest BCUT2D eigenvalue weighted by atomic mass is 10.1. The van der Waals surface area contributed by atoms with E-state index in [4.69, 9.17) is 34.0 Å². The molecule has 1 amide bonds. The van der Waals surface area contributed by atoms with E-state index in [1.165, 1.54) is 19.1 Å². The highest BCUT2D eigenvalue weighted by molar-refractivity contribution is 7.80. The zero-order valence-corrected chi connectivity index (χ0v) is 12.3. The van der Waals surface area contributed by atoms with Gasteiger partial charge in [-0.1, -0.05) is 29.3 Å². The molecular weight excluding hydrogens is 311 g/mol. The van der Waals surface area contributed by atoms with Crippen LogP contribution in [-0.2, 0) is 9.59 Å². The molecule has 1 unspecified atom stereocenters. The molecule has 0 bridgehead atoms. The summed E-state index contributed by atoms with van der Waals surface area (Å²) in [5.41, 5.74) is 5.57. The number of hydrogen-bond acceptors (Lipinski definition) is 4. The van der Waals surface area contributed by atoms with Gasteiger partial charge in [-0.3, -0.25) is 4.79 Å². The number of amides is 1. The topological polar surface area (TPSA) is 92.4 Å². The van der Waals surface area contributed by atoms with Gasteiger partial charge in [0.1, 0.15) is 0 Å². The van der Waals surface area contributed by atoms with E-state index in [1.54, 1.807) is 0 Å². The number of carboxylic acids is 1. The van der Waals surface area contributed by atoms with Crippen molar-refractivity contribution in [2.24, 2.45) is 5.73 Å². The molecule has 5 nitrogen and oxygen atoms in total. The van der Waals surface area contributed by atoms with Gasteiger partial charge >= 0.3 is 5.97 Å². The molecule has 104 valence electrons. The maximum Gasteiger partial charge on any atom is 0.330 e. The molecule has 1 aromatic carbocycles. The summed E-state index contributed by atoms with van der Waals surface area (Å²) in [4.78, 5) is 23.0. The maximum atomic E-state index is 11.5. The van der Waals surface area contributed by atoms with E-state index >= 15 is 0 Å². The van der Waals surface area contributed by atoms with Crippen LogP contribution >= 0.6 is 35.8 Å². The predicted octanol–water partition coefficient (Wildman–Crippen LogP) is 1.87. The van der Waals surface area contributed by atoms with E-state index in [2.05, 4.69) is 17.9 Å². The zero-order valence-electron chi connectivity index (χ0n) is 9.85. The summed E-state index contributed by atoms with van der Waals surface area (Å²) >= 11 is 15.9. The lowest BCUT2D eigenvalue weighted by Crippen LogP contribution is -2.42. The Balaban J connectivity index is 3.17. The minimum atomic E-state index is -1.31. The second-order valence-electron chi connectivity index (χ2n) is 3.87. The first-order valence-electron chi connectivity index (χ1n) is 5.21. The molecule has 0 saturated carbocycles. The molecule has 0 radical (unpaired) electrons. The average molecular weight is 323 g/mol. The van der Waals surface area contributed by atoms with Crippen LogP contribution in [0.15, 0.2) is 17.0 Å². The molecule has 0 aliphatic carbocycles. The molecular formula is C11H12Cl2N2O3S. The summed E-state index contributed by atoms with van der Waals surface area (Å²) in [5, 5.41) is 11.8. The van der Waals surface area contributed by atoms with Crippen molar-refractivity contribution in [3.63, 3.8) is 0 Å². The highest BCUT2D eigenvalue weighted by Crippen LogP contribution is 2.34. The van der Waals surface area contributed by atoms with Crippen LogP contribution in [0.3, 0.4) is 0 Å². The summed E-state index contributed by atoms with van der Waals surface area (Å²) < 4.78 is 0. The van der Waals surface area contributed by atoms with Gasteiger partial charge in [0.05, 0.1) is 16.1 Å². The third-order valence-corrected chi connectivity index (χ3v) is 3.81. The molecule has 4 N–H and O–H groups in total. The molecule has 19 heavy (non-hydrogen) atoms. The lowest BCUT2D eigenvalue weighted by Gasteiger charge is -2.18. The molecule has 0 fully saturated rings. The van der Waals surface area contributed by atoms with Crippen molar-refractivity contribution in [2.45, 2.75) is 23.9 Å². The SMILES string of the molecule is C[C@H](N)C(=O)NC(C(=O)O)c1ccc(Cl)c(S)c1Cl. The van der Waals surface area contributed by atoms with Crippen molar-refractivity contribution in [2.75, 3.05) is 0 Å². The van der Waals surface area contributed by atoms with Crippen molar-refractivity contribution in [3.05, 3.63) is 27.7 Å². The Morgan fingerprint density at radius 1 is 1.42 bits per heavy atom. The fourth-order valence-electron chi connectivity index (χ4n) is 1.33. The van der Waals surface area contributed by atoms with Crippen LogP contribution in [0.4, 0.5) is 0 Å². The molecule has 0 saturated heterocycles. The lowest BCUT2D eigenvalue weighted by molar-refractivity contribution is -0.142. The molecule has 1 aromatic rings. The number of nitrogens with one attached hydrogen (secondary N) is 1. The van der Waals surface area contributed by atoms with Gasteiger partial charge in [0.15, 0.2) is 6.04 Å². The molecule has 0 aliphatic heterocycles. The van der Waals surface area contributed by atoms with Crippen LogP contribution in [0.2, 0.25) is 10.0 Å². The first-order chi connectivity index (χ1) is 8.75. The van der Waals surface area contributed by atoms with Crippen molar-refractivity contribution in [1.29, 1.82) is 0 Å². The van der Waals surface area contributed by atoms with E-state index in [0.29, 0.717) is 5.02 Å². The van der Waals surface area contributed by atoms with Crippen molar-refractivity contribution >= 4 is 47.7 Å². The summed E-state index contributed by atoms with van der Waals surface area (Å²) in [7, 11) is 0. The first kappa shape index (κ1) is 16.1. The van der Waals surface area contributed by atoms with Gasteiger partial charge < -0.3 is 16.2 Å². The Kier molecular flexibility index (Phi) is 5.49. The molecule has 1 rings (SSSR count). The third kappa shape index (κ3) is 3.76. The molecule has 0 aliphatic rings. The van der Waals surface area contributed by atoms with E-state index in [0.717, 1.165) is 0 Å². The number of aliphatic carboxylic acids is 1. The Labute approximate surface area is 125 Å². The largest absolute Gasteiger partial charge is 0.479 e. The molecule has 0 aromatic heterocycles. The minimum Gasteiger partial charge on any atom is -0.479 e. The first-order valence-corrected chi connectivity index (χ1v) is 6.41. The number of thiol groups is 1. The Bertz CT molecular complexity index is 523. The summed E-state index contributed by atoms with van der Waals surface area (Å²) in [6.07, 6.45) is 0. The van der Waals surface area contributed by atoms with E-state index in [1.807, 2.05) is 0 Å². The van der Waals surface area contributed by atoms with Gasteiger partial charge in [-0.25, -0.2) is 4.79 Å². The van der Waals surface area contributed by atoms with Crippen LogP contribution in [0.5, 0.6) is 0 Å². The summed E-state index contributed by atoms with van der Waals surface area (Å²) in [6.45, 7) is 1.45. The smallest absolute Gasteiger partial charge is 0.330 e. The number of carbonyl (C=O) groups excluding carboxylic acids is 1. The van der Waals surface area contributed by atoms with Gasteiger partial charge in [-0.15, -0.1) is 12.6 Å². The molecule has 2 atom stereocenters. The van der Waals surface area contributed by atoms with E-state index < -0.39 is 24.0 Å². The molecule has 0 heterocycles. The zero-order chi connectivity index (χ0) is 14.7. The van der Waals surface area contributed by atoms with E-state index in [9.17, 15) is 9.59 Å². The van der Waals surface area contributed by atoms with Crippen molar-refractivity contribution < 1.29 is 14.7 Å². The van der Waals surface area contributed by atoms with Crippen molar-refractivity contribution in [1.82, 2.24) is 5.32 Å². The second kappa shape index (κ2) is 6.47. The van der Waals surface area contributed by atoms with Gasteiger partial charge in [0.25, 0.3) is 0 Å². The molecule has 0 spiro atoms. The highest BCUT2D eigenvalue weighted by atomic mass is 35.5. The minimum absolute atomic E-state index is 0.0770. The van der Waals surface area contributed by atoms with E-state index in [-0.39, 0.29) is 15.5 Å². The second-order valence-corrected chi connectivity index (χ2v) is 5.10. The number of benzene rings is 1. The summed E-state index contributed by atoms with van der Waals surface area (Å²) in [6, 6.07) is 0.738. The van der Waals surface area contributed by atoms with Crippen LogP contribution in [-0.4, -0.2) is 23.0 Å². The van der Waals surface area contributed by atoms with Gasteiger partial charge in [0, 0.05) is 10.5 Å². The monoisotopic (exact) mass is 322 g/mol. The Morgan fingerprint density at radius 2 is 2.00 bits per heavy atom. The predicted molar refractivity (Wildman–Crippen MR) is 75.9 cm³/mol. The number of rotatable bonds is 4. The van der Waals surface area contributed by atoms with Crippen molar-refractivity contribution in [3.8, 4) is 0 Å². The standard InChI is InChI=1S/C11H12Cl2N2O3S/c1-4(14)10(16)15-8(11(17)18)5-2-3-6(12)9(19)7(5)13/h2-4,8,19H,14H2,1H3,(H,15,16)(H,17,18)/t4-,8?/m0/s1. The van der Waals surface area contributed by atoms with Crippen LogP contribution in [0.1, 0.15) is 18.5 Å². The quantitative estimate of drug-likeness (QED) is 0.637. The van der Waals surface area contributed by atoms with Gasteiger partial charge in [0.2, 0.25) is 5.91 Å². The third-order valence-electron chi connectivity index (χ3n) is 2.35. The normalized spacial score (nSPS) is 13.7. The Hall–Kier alpha value is -0.950. The number of nitrogens with two attached hydrogens (primary N) is 1. The van der Waals surface area contributed by atoms with Crippen LogP contribution in [0.25, 0.3) is 0 Å². The summed E-state index contributed by atoms with van der Waals surface area (Å²) in [5.74, 6) is -1.86. The highest BCUT2D eigenvalue weighted by Gasteiger charge is 2.26.